The van der Waals surface area contributed by atoms with Crippen molar-refractivity contribution in [1.82, 2.24) is 0 Å². The average Bonchev–Trinajstić information content (AvgIpc) is 2.13. The monoisotopic (exact) mass is 123 g/mol. The lowest BCUT2D eigenvalue weighted by Crippen LogP contribution is -1.87. The maximum Gasteiger partial charge on any atom is 0.0648 e. The van der Waals surface area contributed by atoms with Crippen molar-refractivity contribution in [2.24, 2.45) is 4.99 Å². The summed E-state index contributed by atoms with van der Waals surface area (Å²) in [5, 5.41) is 8.65. The Morgan fingerprint density at radius 3 is 3.33 bits per heavy atom. The predicted octanol–water partition coefficient (Wildman–Crippen LogP) is 0.893. The fourth-order valence-corrected chi connectivity index (χ4v) is 0.648. The van der Waals surface area contributed by atoms with Crippen LogP contribution in [0.1, 0.15) is 6.42 Å². The summed E-state index contributed by atoms with van der Waals surface area (Å²) in [6.45, 7) is 0.135. The van der Waals surface area contributed by atoms with Crippen LogP contribution in [-0.2, 0) is 0 Å². The van der Waals surface area contributed by atoms with Gasteiger partial charge in [0.1, 0.15) is 0 Å². The SMILES string of the molecule is OCC1=CC=NC=CC1. The van der Waals surface area contributed by atoms with Crippen LogP contribution < -0.4 is 0 Å². The van der Waals surface area contributed by atoms with Crippen LogP contribution >= 0.6 is 0 Å². The smallest absolute Gasteiger partial charge is 0.0648 e. The molecule has 1 rings (SSSR count). The van der Waals surface area contributed by atoms with Gasteiger partial charge in [-0.15, -0.1) is 0 Å². The number of nitrogens with zero attached hydrogens (tertiary/aromatic N) is 1. The summed E-state index contributed by atoms with van der Waals surface area (Å²) in [5.41, 5.74) is 1.01. The summed E-state index contributed by atoms with van der Waals surface area (Å²) in [4.78, 5) is 3.88. The zero-order valence-corrected chi connectivity index (χ0v) is 5.12. The lowest BCUT2D eigenvalue weighted by atomic mass is 10.2. The molecule has 0 amide bonds. The summed E-state index contributed by atoms with van der Waals surface area (Å²) >= 11 is 0. The minimum atomic E-state index is 0.135. The van der Waals surface area contributed by atoms with E-state index in [0.29, 0.717) is 0 Å². The fourth-order valence-electron chi connectivity index (χ4n) is 0.648. The van der Waals surface area contributed by atoms with E-state index in [-0.39, 0.29) is 6.61 Å². The van der Waals surface area contributed by atoms with Crippen molar-refractivity contribution in [1.29, 1.82) is 0 Å². The molecule has 0 unspecified atom stereocenters. The maximum absolute atomic E-state index is 8.65. The van der Waals surface area contributed by atoms with Gasteiger partial charge in [-0.3, -0.25) is 4.99 Å². The molecule has 1 heterocycles. The number of allylic oxidation sites excluding steroid dienone is 2. The van der Waals surface area contributed by atoms with Gasteiger partial charge in [0, 0.05) is 12.4 Å². The van der Waals surface area contributed by atoms with E-state index < -0.39 is 0 Å². The van der Waals surface area contributed by atoms with Crippen molar-refractivity contribution >= 4 is 6.21 Å². The Hall–Kier alpha value is -0.890. The van der Waals surface area contributed by atoms with E-state index in [0.717, 1.165) is 12.0 Å². The zero-order chi connectivity index (χ0) is 6.53. The van der Waals surface area contributed by atoms with Crippen molar-refractivity contribution in [3.8, 4) is 0 Å². The first-order valence-electron chi connectivity index (χ1n) is 2.90. The second-order valence-corrected chi connectivity index (χ2v) is 1.87. The summed E-state index contributed by atoms with van der Waals surface area (Å²) in [6, 6.07) is 0. The lowest BCUT2D eigenvalue weighted by molar-refractivity contribution is 0.329. The molecule has 0 saturated heterocycles. The summed E-state index contributed by atoms with van der Waals surface area (Å²) < 4.78 is 0. The Balaban J connectivity index is 2.62. The maximum atomic E-state index is 8.65. The molecule has 0 spiro atoms. The quantitative estimate of drug-likeness (QED) is 0.552. The van der Waals surface area contributed by atoms with Crippen LogP contribution in [0.2, 0.25) is 0 Å². The first kappa shape index (κ1) is 6.23. The van der Waals surface area contributed by atoms with Gasteiger partial charge in [-0.05, 0) is 18.1 Å². The summed E-state index contributed by atoms with van der Waals surface area (Å²) in [5.74, 6) is 0. The number of aliphatic imine (C=N–C) groups is 1. The molecule has 0 radical (unpaired) electrons. The molecule has 0 fully saturated rings. The minimum Gasteiger partial charge on any atom is -0.392 e. The van der Waals surface area contributed by atoms with Gasteiger partial charge in [0.15, 0.2) is 0 Å². The fraction of sp³-hybridized carbons (Fsp3) is 0.286. The molecule has 1 aliphatic rings. The molecular weight excluding hydrogens is 114 g/mol. The Morgan fingerprint density at radius 2 is 2.56 bits per heavy atom. The van der Waals surface area contributed by atoms with Gasteiger partial charge in [-0.2, -0.15) is 0 Å². The van der Waals surface area contributed by atoms with Gasteiger partial charge < -0.3 is 5.11 Å². The van der Waals surface area contributed by atoms with Gasteiger partial charge in [0.2, 0.25) is 0 Å². The Labute approximate surface area is 54.2 Å². The summed E-state index contributed by atoms with van der Waals surface area (Å²) in [7, 11) is 0. The molecule has 2 heteroatoms. The molecule has 0 aromatic heterocycles. The van der Waals surface area contributed by atoms with E-state index in [1.807, 2.05) is 12.2 Å². The number of aliphatic hydroxyl groups is 1. The van der Waals surface area contributed by atoms with Crippen LogP contribution in [0.25, 0.3) is 0 Å². The second-order valence-electron chi connectivity index (χ2n) is 1.87. The van der Waals surface area contributed by atoms with E-state index in [4.69, 9.17) is 5.11 Å². The third-order valence-electron chi connectivity index (χ3n) is 1.17. The third-order valence-corrected chi connectivity index (χ3v) is 1.17. The molecule has 0 aromatic rings. The average molecular weight is 123 g/mol. The molecule has 9 heavy (non-hydrogen) atoms. The van der Waals surface area contributed by atoms with Crippen molar-refractivity contribution in [3.05, 3.63) is 23.9 Å². The van der Waals surface area contributed by atoms with Crippen molar-refractivity contribution in [3.63, 3.8) is 0 Å². The molecule has 48 valence electrons. The first-order valence-corrected chi connectivity index (χ1v) is 2.90. The minimum absolute atomic E-state index is 0.135. The topological polar surface area (TPSA) is 32.6 Å². The highest BCUT2D eigenvalue weighted by Crippen LogP contribution is 2.02. The van der Waals surface area contributed by atoms with Crippen LogP contribution in [0.15, 0.2) is 28.9 Å². The number of rotatable bonds is 1. The summed E-state index contributed by atoms with van der Waals surface area (Å²) in [6.07, 6.45) is 8.00. The Morgan fingerprint density at radius 1 is 1.67 bits per heavy atom. The van der Waals surface area contributed by atoms with Gasteiger partial charge in [0.05, 0.1) is 6.61 Å². The van der Waals surface area contributed by atoms with Gasteiger partial charge >= 0.3 is 0 Å². The van der Waals surface area contributed by atoms with Crippen molar-refractivity contribution < 1.29 is 5.11 Å². The standard InChI is InChI=1S/C7H9NO/c9-6-7-2-1-4-8-5-3-7/h1,3-5,9H,2,6H2. The number of hydrogen-bond acceptors (Lipinski definition) is 2. The van der Waals surface area contributed by atoms with Crippen LogP contribution in [0, 0.1) is 0 Å². The van der Waals surface area contributed by atoms with E-state index in [9.17, 15) is 0 Å². The van der Waals surface area contributed by atoms with Crippen molar-refractivity contribution in [2.75, 3.05) is 6.61 Å². The predicted molar refractivity (Wildman–Crippen MR) is 37.4 cm³/mol. The molecule has 2 nitrogen and oxygen atoms in total. The normalized spacial score (nSPS) is 17.2. The van der Waals surface area contributed by atoms with Gasteiger partial charge in [0.25, 0.3) is 0 Å². The molecule has 0 atom stereocenters. The second kappa shape index (κ2) is 3.20. The highest BCUT2D eigenvalue weighted by molar-refractivity contribution is 5.73. The molecule has 0 aliphatic carbocycles. The van der Waals surface area contributed by atoms with Crippen LogP contribution in [0.4, 0.5) is 0 Å². The molecule has 0 aromatic carbocycles. The van der Waals surface area contributed by atoms with E-state index in [1.54, 1.807) is 12.4 Å². The van der Waals surface area contributed by atoms with Crippen LogP contribution in [0.3, 0.4) is 0 Å². The highest BCUT2D eigenvalue weighted by Gasteiger charge is 1.90. The van der Waals surface area contributed by atoms with Gasteiger partial charge in [-0.25, -0.2) is 0 Å². The largest absolute Gasteiger partial charge is 0.392 e. The number of aliphatic hydroxyl groups excluding tert-OH is 1. The molecule has 1 N–H and O–H groups in total. The van der Waals surface area contributed by atoms with Gasteiger partial charge in [-0.1, -0.05) is 6.08 Å². The molecular formula is C7H9NO. The lowest BCUT2D eigenvalue weighted by Gasteiger charge is -1.92. The molecule has 0 saturated carbocycles. The Kier molecular flexibility index (Phi) is 2.22. The van der Waals surface area contributed by atoms with Crippen LogP contribution in [0.5, 0.6) is 0 Å². The third kappa shape index (κ3) is 1.82. The first-order chi connectivity index (χ1) is 4.43. The van der Waals surface area contributed by atoms with Crippen LogP contribution in [-0.4, -0.2) is 17.9 Å². The van der Waals surface area contributed by atoms with E-state index in [1.165, 1.54) is 0 Å². The molecule has 0 bridgehead atoms. The van der Waals surface area contributed by atoms with Crippen molar-refractivity contribution in [2.45, 2.75) is 6.42 Å². The van der Waals surface area contributed by atoms with E-state index >= 15 is 0 Å². The number of hydrogen-bond donors (Lipinski definition) is 1. The zero-order valence-electron chi connectivity index (χ0n) is 5.12. The molecule has 1 aliphatic heterocycles. The Bertz CT molecular complexity index is 168. The highest BCUT2D eigenvalue weighted by atomic mass is 16.3. The van der Waals surface area contributed by atoms with E-state index in [2.05, 4.69) is 4.99 Å².